The van der Waals surface area contributed by atoms with Crippen molar-refractivity contribution in [3.8, 4) is 5.75 Å². The number of hydrogen-bond acceptors (Lipinski definition) is 4. The van der Waals surface area contributed by atoms with E-state index in [9.17, 15) is 13.5 Å². The third kappa shape index (κ3) is 3.16. The SMILES string of the molecule is CCN(c1cc(O)ccc1C)S(=O)(=O)C(C)C(N)=S. The third-order valence-corrected chi connectivity index (χ3v) is 5.62. The van der Waals surface area contributed by atoms with Gasteiger partial charge in [-0.05, 0) is 32.4 Å². The number of phenolic OH excluding ortho intramolecular Hbond substituents is 1. The predicted octanol–water partition coefficient (Wildman–Crippen LogP) is 1.53. The van der Waals surface area contributed by atoms with Gasteiger partial charge in [-0.15, -0.1) is 0 Å². The molecule has 0 amide bonds. The minimum Gasteiger partial charge on any atom is -0.508 e. The van der Waals surface area contributed by atoms with Crippen molar-refractivity contribution in [1.82, 2.24) is 0 Å². The van der Waals surface area contributed by atoms with E-state index in [0.29, 0.717) is 5.69 Å². The Labute approximate surface area is 119 Å². The zero-order valence-electron chi connectivity index (χ0n) is 11.1. The number of sulfonamides is 1. The Bertz CT molecular complexity index is 585. The highest BCUT2D eigenvalue weighted by Gasteiger charge is 2.30. The molecule has 0 heterocycles. The lowest BCUT2D eigenvalue weighted by Gasteiger charge is -2.27. The molecule has 0 fully saturated rings. The van der Waals surface area contributed by atoms with Crippen LogP contribution in [0.15, 0.2) is 18.2 Å². The second kappa shape index (κ2) is 5.75. The first-order valence-electron chi connectivity index (χ1n) is 5.82. The molecule has 106 valence electrons. The third-order valence-electron chi connectivity index (χ3n) is 2.90. The molecule has 1 aromatic rings. The monoisotopic (exact) mass is 302 g/mol. The summed E-state index contributed by atoms with van der Waals surface area (Å²) in [7, 11) is -3.69. The van der Waals surface area contributed by atoms with Crippen molar-refractivity contribution in [2.75, 3.05) is 10.8 Å². The van der Waals surface area contributed by atoms with Gasteiger partial charge in [0.15, 0.2) is 0 Å². The van der Waals surface area contributed by atoms with Crippen LogP contribution in [0, 0.1) is 6.92 Å². The molecule has 3 N–H and O–H groups in total. The first-order chi connectivity index (χ1) is 8.71. The van der Waals surface area contributed by atoms with Crippen molar-refractivity contribution >= 4 is 32.9 Å². The maximum absolute atomic E-state index is 12.4. The van der Waals surface area contributed by atoms with Gasteiger partial charge in [0.25, 0.3) is 0 Å². The molecule has 0 aromatic heterocycles. The van der Waals surface area contributed by atoms with Gasteiger partial charge in [-0.25, -0.2) is 8.42 Å². The number of nitrogens with two attached hydrogens (primary N) is 1. The first kappa shape index (κ1) is 15.7. The molecular formula is C12H18N2O3S2. The second-order valence-electron chi connectivity index (χ2n) is 4.23. The maximum atomic E-state index is 12.4. The van der Waals surface area contributed by atoms with Crippen molar-refractivity contribution in [3.63, 3.8) is 0 Å². The van der Waals surface area contributed by atoms with Crippen LogP contribution in [-0.2, 0) is 10.0 Å². The summed E-state index contributed by atoms with van der Waals surface area (Å²) in [6, 6.07) is 4.59. The van der Waals surface area contributed by atoms with Crippen LogP contribution in [0.2, 0.25) is 0 Å². The van der Waals surface area contributed by atoms with Crippen LogP contribution < -0.4 is 10.0 Å². The molecule has 0 aliphatic heterocycles. The van der Waals surface area contributed by atoms with Crippen molar-refractivity contribution in [2.24, 2.45) is 5.73 Å². The normalized spacial score (nSPS) is 13.0. The fourth-order valence-electron chi connectivity index (χ4n) is 1.69. The van der Waals surface area contributed by atoms with Gasteiger partial charge in [-0.2, -0.15) is 0 Å². The van der Waals surface area contributed by atoms with E-state index in [2.05, 4.69) is 0 Å². The first-order valence-corrected chi connectivity index (χ1v) is 7.73. The van der Waals surface area contributed by atoms with E-state index < -0.39 is 15.3 Å². The average Bonchev–Trinajstić information content (AvgIpc) is 2.33. The second-order valence-corrected chi connectivity index (χ2v) is 6.87. The van der Waals surface area contributed by atoms with E-state index in [4.69, 9.17) is 18.0 Å². The number of phenols is 1. The number of nitrogens with zero attached hydrogens (tertiary/aromatic N) is 1. The molecule has 0 saturated carbocycles. The molecule has 1 unspecified atom stereocenters. The summed E-state index contributed by atoms with van der Waals surface area (Å²) >= 11 is 4.76. The Hall–Kier alpha value is -1.34. The molecule has 0 radical (unpaired) electrons. The summed E-state index contributed by atoms with van der Waals surface area (Å²) in [5, 5.41) is 8.57. The maximum Gasteiger partial charge on any atom is 0.244 e. The van der Waals surface area contributed by atoms with E-state index >= 15 is 0 Å². The molecule has 19 heavy (non-hydrogen) atoms. The molecule has 0 saturated heterocycles. The van der Waals surface area contributed by atoms with Crippen molar-refractivity contribution in [2.45, 2.75) is 26.0 Å². The molecule has 7 heteroatoms. The van der Waals surface area contributed by atoms with Crippen LogP contribution in [0.1, 0.15) is 19.4 Å². The van der Waals surface area contributed by atoms with Crippen LogP contribution in [0.4, 0.5) is 5.69 Å². The number of anilines is 1. The smallest absolute Gasteiger partial charge is 0.244 e. The van der Waals surface area contributed by atoms with Gasteiger partial charge in [0.2, 0.25) is 10.0 Å². The zero-order valence-corrected chi connectivity index (χ0v) is 12.8. The average molecular weight is 302 g/mol. The Kier molecular flexibility index (Phi) is 4.75. The molecule has 1 atom stereocenters. The molecule has 1 aromatic carbocycles. The quantitative estimate of drug-likeness (QED) is 0.806. The Balaban J connectivity index is 3.35. The van der Waals surface area contributed by atoms with Gasteiger partial charge in [-0.3, -0.25) is 4.31 Å². The molecule has 0 bridgehead atoms. The molecule has 5 nitrogen and oxygen atoms in total. The van der Waals surface area contributed by atoms with E-state index in [1.54, 1.807) is 19.9 Å². The van der Waals surface area contributed by atoms with Crippen LogP contribution in [0.25, 0.3) is 0 Å². The van der Waals surface area contributed by atoms with Crippen LogP contribution in [0.3, 0.4) is 0 Å². The lowest BCUT2D eigenvalue weighted by atomic mass is 10.2. The summed E-state index contributed by atoms with van der Waals surface area (Å²) in [6.45, 7) is 5.18. The highest BCUT2D eigenvalue weighted by atomic mass is 32.2. The molecule has 0 aliphatic carbocycles. The minimum atomic E-state index is -3.69. The highest BCUT2D eigenvalue weighted by Crippen LogP contribution is 2.28. The van der Waals surface area contributed by atoms with Crippen LogP contribution >= 0.6 is 12.2 Å². The van der Waals surface area contributed by atoms with Crippen molar-refractivity contribution in [1.29, 1.82) is 0 Å². The fraction of sp³-hybridized carbons (Fsp3) is 0.417. The van der Waals surface area contributed by atoms with Gasteiger partial charge in [0.05, 0.1) is 10.7 Å². The molecular weight excluding hydrogens is 284 g/mol. The highest BCUT2D eigenvalue weighted by molar-refractivity contribution is 7.95. The number of hydrogen-bond donors (Lipinski definition) is 2. The zero-order chi connectivity index (χ0) is 14.8. The lowest BCUT2D eigenvalue weighted by Crippen LogP contribution is -2.43. The standard InChI is InChI=1S/C12H18N2O3S2/c1-4-14(19(16,17)9(3)12(13)18)11-7-10(15)6-5-8(11)2/h5-7,9,15H,4H2,1-3H3,(H2,13,18). The number of aryl methyl sites for hydroxylation is 1. The molecule has 0 spiro atoms. The van der Waals surface area contributed by atoms with Crippen molar-refractivity contribution in [3.05, 3.63) is 23.8 Å². The van der Waals surface area contributed by atoms with Crippen LogP contribution in [-0.4, -0.2) is 30.3 Å². The van der Waals surface area contributed by atoms with E-state index in [0.717, 1.165) is 5.56 Å². The largest absolute Gasteiger partial charge is 0.508 e. The van der Waals surface area contributed by atoms with E-state index in [-0.39, 0.29) is 17.3 Å². The predicted molar refractivity (Wildman–Crippen MR) is 81.0 cm³/mol. The number of rotatable bonds is 5. The Morgan fingerprint density at radius 3 is 2.58 bits per heavy atom. The van der Waals surface area contributed by atoms with Gasteiger partial charge in [0, 0.05) is 12.6 Å². The Morgan fingerprint density at radius 2 is 2.11 bits per heavy atom. The molecule has 0 aliphatic rings. The summed E-state index contributed by atoms with van der Waals surface area (Å²) < 4.78 is 26.1. The topological polar surface area (TPSA) is 83.6 Å². The van der Waals surface area contributed by atoms with E-state index in [1.165, 1.54) is 23.4 Å². The number of thiocarbonyl (C=S) groups is 1. The van der Waals surface area contributed by atoms with Gasteiger partial charge in [-0.1, -0.05) is 18.3 Å². The summed E-state index contributed by atoms with van der Waals surface area (Å²) in [5.41, 5.74) is 6.62. The lowest BCUT2D eigenvalue weighted by molar-refractivity contribution is 0.475. The van der Waals surface area contributed by atoms with Crippen LogP contribution in [0.5, 0.6) is 5.75 Å². The minimum absolute atomic E-state index is 0.0113. The fourth-order valence-corrected chi connectivity index (χ4v) is 3.56. The van der Waals surface area contributed by atoms with E-state index in [1.807, 2.05) is 0 Å². The number of benzene rings is 1. The summed E-state index contributed by atoms with van der Waals surface area (Å²) in [5.74, 6) is 0.0113. The Morgan fingerprint density at radius 1 is 1.53 bits per heavy atom. The molecule has 1 rings (SSSR count). The van der Waals surface area contributed by atoms with Gasteiger partial charge < -0.3 is 10.8 Å². The van der Waals surface area contributed by atoms with Gasteiger partial charge in [0.1, 0.15) is 11.0 Å². The van der Waals surface area contributed by atoms with Crippen molar-refractivity contribution < 1.29 is 13.5 Å². The van der Waals surface area contributed by atoms with Gasteiger partial charge >= 0.3 is 0 Å². The summed E-state index contributed by atoms with van der Waals surface area (Å²) in [6.07, 6.45) is 0. The summed E-state index contributed by atoms with van der Waals surface area (Å²) in [4.78, 5) is -0.0729. The number of aromatic hydroxyl groups is 1.